The topological polar surface area (TPSA) is 46.5 Å². The van der Waals surface area contributed by atoms with Crippen molar-refractivity contribution in [2.45, 2.75) is 52.6 Å². The molecule has 0 aliphatic rings. The summed E-state index contributed by atoms with van der Waals surface area (Å²) in [5, 5.41) is 9.54. The van der Waals surface area contributed by atoms with Crippen LogP contribution in [-0.4, -0.2) is 17.2 Å². The van der Waals surface area contributed by atoms with Crippen LogP contribution in [0.15, 0.2) is 42.5 Å². The summed E-state index contributed by atoms with van der Waals surface area (Å²) in [6.07, 6.45) is -0.542. The third-order valence-corrected chi connectivity index (χ3v) is 4.31. The van der Waals surface area contributed by atoms with Crippen molar-refractivity contribution in [3.8, 4) is 5.75 Å². The van der Waals surface area contributed by atoms with Gasteiger partial charge in [-0.25, -0.2) is 4.79 Å². The van der Waals surface area contributed by atoms with Crippen molar-refractivity contribution in [3.05, 3.63) is 64.7 Å². The Bertz CT molecular complexity index is 689. The number of aliphatic carboxylic acids is 1. The predicted octanol–water partition coefficient (Wildman–Crippen LogP) is 4.68. The lowest BCUT2D eigenvalue weighted by Crippen LogP contribution is -2.30. The number of hydrogen-bond donors (Lipinski definition) is 1. The van der Waals surface area contributed by atoms with E-state index >= 15 is 0 Å². The van der Waals surface area contributed by atoms with E-state index in [0.29, 0.717) is 12.2 Å². The summed E-state index contributed by atoms with van der Waals surface area (Å²) < 4.78 is 5.76. The molecule has 3 nitrogen and oxygen atoms in total. The van der Waals surface area contributed by atoms with Gasteiger partial charge in [0.1, 0.15) is 5.75 Å². The fourth-order valence-corrected chi connectivity index (χ4v) is 2.73. The highest BCUT2D eigenvalue weighted by atomic mass is 16.5. The molecule has 0 heterocycles. The molecule has 0 aliphatic heterocycles. The molecule has 0 aromatic heterocycles. The quantitative estimate of drug-likeness (QED) is 0.868. The molecule has 0 radical (unpaired) electrons. The van der Waals surface area contributed by atoms with E-state index in [1.54, 1.807) is 0 Å². The van der Waals surface area contributed by atoms with E-state index in [2.05, 4.69) is 20.8 Å². The minimum Gasteiger partial charge on any atom is -0.478 e. The van der Waals surface area contributed by atoms with E-state index in [-0.39, 0.29) is 5.41 Å². The lowest BCUT2D eigenvalue weighted by atomic mass is 9.87. The van der Waals surface area contributed by atoms with Crippen LogP contribution in [-0.2, 0) is 16.6 Å². The maximum atomic E-state index is 11.6. The van der Waals surface area contributed by atoms with Crippen molar-refractivity contribution >= 4 is 5.97 Å². The molecule has 2 aromatic carbocycles. The largest absolute Gasteiger partial charge is 0.478 e. The molecule has 24 heavy (non-hydrogen) atoms. The minimum absolute atomic E-state index is 0.0585. The van der Waals surface area contributed by atoms with Crippen LogP contribution in [0.4, 0.5) is 0 Å². The molecular weight excluding hydrogens is 300 g/mol. The first-order valence-corrected chi connectivity index (χ1v) is 8.23. The Hall–Kier alpha value is -2.29. The van der Waals surface area contributed by atoms with Gasteiger partial charge in [-0.2, -0.15) is 0 Å². The molecule has 128 valence electrons. The number of aryl methyl sites for hydroxylation is 2. The number of rotatable bonds is 5. The van der Waals surface area contributed by atoms with Crippen LogP contribution < -0.4 is 4.74 Å². The number of carbonyl (C=O) groups is 1. The monoisotopic (exact) mass is 326 g/mol. The van der Waals surface area contributed by atoms with Crippen molar-refractivity contribution in [1.29, 1.82) is 0 Å². The first-order chi connectivity index (χ1) is 11.2. The molecule has 0 spiro atoms. The lowest BCUT2D eigenvalue weighted by molar-refractivity contribution is -0.145. The zero-order valence-corrected chi connectivity index (χ0v) is 15.1. The second-order valence-electron chi connectivity index (χ2n) is 7.29. The zero-order valence-electron chi connectivity index (χ0n) is 15.1. The average Bonchev–Trinajstić information content (AvgIpc) is 2.49. The van der Waals surface area contributed by atoms with Crippen LogP contribution in [0.3, 0.4) is 0 Å². The molecule has 0 saturated heterocycles. The highest BCUT2D eigenvalue weighted by Gasteiger charge is 2.22. The first-order valence-electron chi connectivity index (χ1n) is 8.23. The second-order valence-corrected chi connectivity index (χ2v) is 7.29. The third-order valence-electron chi connectivity index (χ3n) is 4.31. The SMILES string of the molecule is Cc1cccc(C)c1CC(Oc1ccc(C(C)(C)C)cc1)C(=O)O. The summed E-state index contributed by atoms with van der Waals surface area (Å²) in [6, 6.07) is 13.7. The fraction of sp³-hybridized carbons (Fsp3) is 0.381. The van der Waals surface area contributed by atoms with Crippen molar-refractivity contribution in [3.63, 3.8) is 0 Å². The number of hydrogen-bond acceptors (Lipinski definition) is 2. The van der Waals surface area contributed by atoms with Gasteiger partial charge in [0.05, 0.1) is 0 Å². The van der Waals surface area contributed by atoms with Gasteiger partial charge in [-0.05, 0) is 53.6 Å². The van der Waals surface area contributed by atoms with Crippen molar-refractivity contribution in [1.82, 2.24) is 0 Å². The Labute approximate surface area is 144 Å². The maximum absolute atomic E-state index is 11.6. The van der Waals surface area contributed by atoms with Gasteiger partial charge in [0, 0.05) is 6.42 Å². The molecule has 0 fully saturated rings. The Morgan fingerprint density at radius 1 is 1.04 bits per heavy atom. The Balaban J connectivity index is 2.19. The van der Waals surface area contributed by atoms with Crippen molar-refractivity contribution in [2.24, 2.45) is 0 Å². The summed E-state index contributed by atoms with van der Waals surface area (Å²) in [5.74, 6) is -0.362. The smallest absolute Gasteiger partial charge is 0.345 e. The van der Waals surface area contributed by atoms with Crippen LogP contribution in [0.2, 0.25) is 0 Å². The van der Waals surface area contributed by atoms with Gasteiger partial charge in [0.25, 0.3) is 0 Å². The number of carboxylic acids is 1. The van der Waals surface area contributed by atoms with E-state index in [1.165, 1.54) is 5.56 Å². The summed E-state index contributed by atoms with van der Waals surface area (Å²) in [5.41, 5.74) is 4.47. The fourth-order valence-electron chi connectivity index (χ4n) is 2.73. The molecule has 3 heteroatoms. The molecule has 1 atom stereocenters. The summed E-state index contributed by atoms with van der Waals surface area (Å²) in [6.45, 7) is 10.4. The molecule has 0 saturated carbocycles. The van der Waals surface area contributed by atoms with E-state index in [0.717, 1.165) is 16.7 Å². The number of benzene rings is 2. The van der Waals surface area contributed by atoms with Crippen LogP contribution in [0, 0.1) is 13.8 Å². The van der Waals surface area contributed by atoms with E-state index in [4.69, 9.17) is 4.74 Å². The van der Waals surface area contributed by atoms with Gasteiger partial charge in [0.15, 0.2) is 6.10 Å². The summed E-state index contributed by atoms with van der Waals surface area (Å²) >= 11 is 0. The van der Waals surface area contributed by atoms with Crippen LogP contribution >= 0.6 is 0 Å². The average molecular weight is 326 g/mol. The first kappa shape index (κ1) is 18.1. The second kappa shape index (κ2) is 7.08. The molecule has 2 aromatic rings. The molecule has 1 N–H and O–H groups in total. The van der Waals surface area contributed by atoms with Gasteiger partial charge in [-0.15, -0.1) is 0 Å². The molecule has 1 unspecified atom stereocenters. The van der Waals surface area contributed by atoms with Crippen LogP contribution in [0.25, 0.3) is 0 Å². The van der Waals surface area contributed by atoms with E-state index < -0.39 is 12.1 Å². The highest BCUT2D eigenvalue weighted by Crippen LogP contribution is 2.25. The highest BCUT2D eigenvalue weighted by molar-refractivity contribution is 5.73. The maximum Gasteiger partial charge on any atom is 0.345 e. The normalized spacial score (nSPS) is 12.7. The third kappa shape index (κ3) is 4.38. The Morgan fingerprint density at radius 3 is 2.04 bits per heavy atom. The molecular formula is C21H26O3. The molecule has 0 aliphatic carbocycles. The van der Waals surface area contributed by atoms with Crippen LogP contribution in [0.5, 0.6) is 5.75 Å². The number of carboxylic acid groups (broad SMARTS) is 1. The number of ether oxygens (including phenoxy) is 1. The standard InChI is InChI=1S/C21H26O3/c1-14-7-6-8-15(2)18(14)13-19(20(22)23)24-17-11-9-16(10-12-17)21(3,4)5/h6-12,19H,13H2,1-5H3,(H,22,23). The van der Waals surface area contributed by atoms with Gasteiger partial charge < -0.3 is 9.84 Å². The van der Waals surface area contributed by atoms with E-state index in [1.807, 2.05) is 56.3 Å². The van der Waals surface area contributed by atoms with Gasteiger partial charge in [-0.1, -0.05) is 51.1 Å². The Kier molecular flexibility index (Phi) is 5.33. The lowest BCUT2D eigenvalue weighted by Gasteiger charge is -2.21. The zero-order chi connectivity index (χ0) is 17.9. The van der Waals surface area contributed by atoms with Gasteiger partial charge in [0.2, 0.25) is 0 Å². The summed E-state index contributed by atoms with van der Waals surface area (Å²) in [7, 11) is 0. The molecule has 0 bridgehead atoms. The Morgan fingerprint density at radius 2 is 1.58 bits per heavy atom. The van der Waals surface area contributed by atoms with Gasteiger partial charge >= 0.3 is 5.97 Å². The molecule has 2 rings (SSSR count). The van der Waals surface area contributed by atoms with E-state index in [9.17, 15) is 9.90 Å². The van der Waals surface area contributed by atoms with Crippen molar-refractivity contribution in [2.75, 3.05) is 0 Å². The van der Waals surface area contributed by atoms with Gasteiger partial charge in [-0.3, -0.25) is 0 Å². The summed E-state index contributed by atoms with van der Waals surface area (Å²) in [4.78, 5) is 11.6. The minimum atomic E-state index is -0.947. The molecule has 0 amide bonds. The van der Waals surface area contributed by atoms with Crippen LogP contribution in [0.1, 0.15) is 43.0 Å². The predicted molar refractivity (Wildman–Crippen MR) is 96.8 cm³/mol. The van der Waals surface area contributed by atoms with Crippen molar-refractivity contribution < 1.29 is 14.6 Å².